The second kappa shape index (κ2) is 5.36. The SMILES string of the molecule is CC(C)OCC(C)(N)c1noc(C2CCCC2)n1. The van der Waals surface area contributed by atoms with Gasteiger partial charge in [-0.1, -0.05) is 18.0 Å². The predicted molar refractivity (Wildman–Crippen MR) is 68.1 cm³/mol. The number of hydrogen-bond acceptors (Lipinski definition) is 5. The van der Waals surface area contributed by atoms with Crippen molar-refractivity contribution < 1.29 is 9.26 Å². The zero-order valence-electron chi connectivity index (χ0n) is 11.5. The highest BCUT2D eigenvalue weighted by Gasteiger charge is 2.30. The average Bonchev–Trinajstić information content (AvgIpc) is 2.96. The summed E-state index contributed by atoms with van der Waals surface area (Å²) in [5, 5.41) is 4.02. The Kier molecular flexibility index (Phi) is 4.02. The zero-order chi connectivity index (χ0) is 13.2. The van der Waals surface area contributed by atoms with E-state index in [1.807, 2.05) is 20.8 Å². The first kappa shape index (κ1) is 13.5. The molecular weight excluding hydrogens is 230 g/mol. The molecule has 1 aliphatic rings. The van der Waals surface area contributed by atoms with Gasteiger partial charge >= 0.3 is 0 Å². The number of aromatic nitrogens is 2. The summed E-state index contributed by atoms with van der Waals surface area (Å²) in [6, 6.07) is 0. The second-order valence-electron chi connectivity index (χ2n) is 5.71. The van der Waals surface area contributed by atoms with E-state index >= 15 is 0 Å². The molecule has 0 aliphatic heterocycles. The maximum atomic E-state index is 6.19. The summed E-state index contributed by atoms with van der Waals surface area (Å²) >= 11 is 0. The minimum absolute atomic E-state index is 0.147. The fourth-order valence-electron chi connectivity index (χ4n) is 2.21. The van der Waals surface area contributed by atoms with Gasteiger partial charge in [-0.15, -0.1) is 0 Å². The van der Waals surface area contributed by atoms with Gasteiger partial charge < -0.3 is 15.0 Å². The molecule has 0 radical (unpaired) electrons. The third kappa shape index (κ3) is 3.09. The fourth-order valence-corrected chi connectivity index (χ4v) is 2.21. The van der Waals surface area contributed by atoms with Gasteiger partial charge in [0.15, 0.2) is 5.82 Å². The van der Waals surface area contributed by atoms with Gasteiger partial charge in [-0.2, -0.15) is 4.98 Å². The monoisotopic (exact) mass is 253 g/mol. The molecular formula is C13H23N3O2. The molecule has 0 bridgehead atoms. The molecule has 1 aromatic heterocycles. The van der Waals surface area contributed by atoms with Crippen molar-refractivity contribution in [1.82, 2.24) is 10.1 Å². The Balaban J connectivity index is 2.03. The van der Waals surface area contributed by atoms with Crippen LogP contribution in [0, 0.1) is 0 Å². The second-order valence-corrected chi connectivity index (χ2v) is 5.71. The van der Waals surface area contributed by atoms with Crippen LogP contribution in [0.1, 0.15) is 64.1 Å². The average molecular weight is 253 g/mol. The van der Waals surface area contributed by atoms with Crippen molar-refractivity contribution in [2.24, 2.45) is 5.73 Å². The van der Waals surface area contributed by atoms with E-state index in [4.69, 9.17) is 15.0 Å². The van der Waals surface area contributed by atoms with Crippen LogP contribution in [0.4, 0.5) is 0 Å². The molecule has 1 fully saturated rings. The Hall–Kier alpha value is -0.940. The molecule has 5 nitrogen and oxygen atoms in total. The first-order chi connectivity index (χ1) is 8.49. The summed E-state index contributed by atoms with van der Waals surface area (Å²) in [7, 11) is 0. The van der Waals surface area contributed by atoms with Gasteiger partial charge in [0, 0.05) is 5.92 Å². The van der Waals surface area contributed by atoms with Crippen LogP contribution < -0.4 is 5.73 Å². The topological polar surface area (TPSA) is 74.2 Å². The number of nitrogens with two attached hydrogens (primary N) is 1. The van der Waals surface area contributed by atoms with Gasteiger partial charge in [0.05, 0.1) is 12.7 Å². The lowest BCUT2D eigenvalue weighted by molar-refractivity contribution is 0.0410. The molecule has 2 N–H and O–H groups in total. The van der Waals surface area contributed by atoms with Crippen LogP contribution in [-0.2, 0) is 10.3 Å². The first-order valence-corrected chi connectivity index (χ1v) is 6.73. The number of hydrogen-bond donors (Lipinski definition) is 1. The molecule has 0 amide bonds. The molecule has 1 atom stereocenters. The van der Waals surface area contributed by atoms with Crippen molar-refractivity contribution in [2.75, 3.05) is 6.61 Å². The highest BCUT2D eigenvalue weighted by atomic mass is 16.5. The van der Waals surface area contributed by atoms with E-state index in [0.717, 1.165) is 18.7 Å². The molecule has 102 valence electrons. The van der Waals surface area contributed by atoms with E-state index in [-0.39, 0.29) is 6.10 Å². The maximum absolute atomic E-state index is 6.19. The molecule has 1 aliphatic carbocycles. The van der Waals surface area contributed by atoms with E-state index < -0.39 is 5.54 Å². The Morgan fingerprint density at radius 3 is 2.72 bits per heavy atom. The van der Waals surface area contributed by atoms with E-state index in [9.17, 15) is 0 Å². The van der Waals surface area contributed by atoms with Crippen LogP contribution in [-0.4, -0.2) is 22.9 Å². The van der Waals surface area contributed by atoms with Crippen molar-refractivity contribution in [3.8, 4) is 0 Å². The highest BCUT2D eigenvalue weighted by molar-refractivity contribution is 5.04. The normalized spacial score (nSPS) is 20.5. The Morgan fingerprint density at radius 2 is 2.11 bits per heavy atom. The van der Waals surface area contributed by atoms with Gasteiger partial charge in [-0.3, -0.25) is 0 Å². The fraction of sp³-hybridized carbons (Fsp3) is 0.846. The molecule has 5 heteroatoms. The molecule has 0 saturated heterocycles. The lowest BCUT2D eigenvalue weighted by atomic mass is 10.0. The Bertz CT molecular complexity index is 381. The lowest BCUT2D eigenvalue weighted by Crippen LogP contribution is -2.40. The largest absolute Gasteiger partial charge is 0.376 e. The molecule has 1 heterocycles. The van der Waals surface area contributed by atoms with Gasteiger partial charge in [0.2, 0.25) is 5.89 Å². The van der Waals surface area contributed by atoms with E-state index in [1.54, 1.807) is 0 Å². The molecule has 0 spiro atoms. The van der Waals surface area contributed by atoms with Crippen molar-refractivity contribution in [1.29, 1.82) is 0 Å². The standard InChI is InChI=1S/C13H23N3O2/c1-9(2)17-8-13(3,14)12-15-11(18-16-12)10-6-4-5-7-10/h9-10H,4-8,14H2,1-3H3. The van der Waals surface area contributed by atoms with Crippen LogP contribution in [0.3, 0.4) is 0 Å². The lowest BCUT2D eigenvalue weighted by Gasteiger charge is -2.21. The van der Waals surface area contributed by atoms with Crippen molar-refractivity contribution >= 4 is 0 Å². The molecule has 1 unspecified atom stereocenters. The third-order valence-corrected chi connectivity index (χ3v) is 3.37. The zero-order valence-corrected chi connectivity index (χ0v) is 11.5. The van der Waals surface area contributed by atoms with Crippen LogP contribution in [0.5, 0.6) is 0 Å². The highest BCUT2D eigenvalue weighted by Crippen LogP contribution is 2.33. The molecule has 18 heavy (non-hydrogen) atoms. The van der Waals surface area contributed by atoms with Crippen molar-refractivity contribution in [3.63, 3.8) is 0 Å². The van der Waals surface area contributed by atoms with Crippen LogP contribution in [0.2, 0.25) is 0 Å². The minimum atomic E-state index is -0.690. The summed E-state index contributed by atoms with van der Waals surface area (Å²) in [6.45, 7) is 6.24. The van der Waals surface area contributed by atoms with Crippen LogP contribution in [0.15, 0.2) is 4.52 Å². The van der Waals surface area contributed by atoms with Gasteiger partial charge in [-0.25, -0.2) is 0 Å². The van der Waals surface area contributed by atoms with Crippen LogP contribution in [0.25, 0.3) is 0 Å². The van der Waals surface area contributed by atoms with Gasteiger partial charge in [0.25, 0.3) is 0 Å². The first-order valence-electron chi connectivity index (χ1n) is 6.73. The maximum Gasteiger partial charge on any atom is 0.229 e. The number of nitrogens with zero attached hydrogens (tertiary/aromatic N) is 2. The molecule has 0 aromatic carbocycles. The summed E-state index contributed by atoms with van der Waals surface area (Å²) in [4.78, 5) is 4.46. The smallest absolute Gasteiger partial charge is 0.229 e. The molecule has 1 saturated carbocycles. The number of rotatable bonds is 5. The van der Waals surface area contributed by atoms with E-state index in [2.05, 4.69) is 10.1 Å². The van der Waals surface area contributed by atoms with Crippen molar-refractivity contribution in [2.45, 2.75) is 64.0 Å². The van der Waals surface area contributed by atoms with Crippen LogP contribution >= 0.6 is 0 Å². The van der Waals surface area contributed by atoms with Gasteiger partial charge in [-0.05, 0) is 33.6 Å². The van der Waals surface area contributed by atoms with Crippen molar-refractivity contribution in [3.05, 3.63) is 11.7 Å². The van der Waals surface area contributed by atoms with E-state index in [0.29, 0.717) is 18.3 Å². The molecule has 2 rings (SSSR count). The predicted octanol–water partition coefficient (Wildman–Crippen LogP) is 2.33. The Labute approximate surface area is 108 Å². The van der Waals surface area contributed by atoms with E-state index in [1.165, 1.54) is 12.8 Å². The van der Waals surface area contributed by atoms with Gasteiger partial charge in [0.1, 0.15) is 5.54 Å². The Morgan fingerprint density at radius 1 is 1.44 bits per heavy atom. The molecule has 1 aromatic rings. The third-order valence-electron chi connectivity index (χ3n) is 3.37. The number of ether oxygens (including phenoxy) is 1. The minimum Gasteiger partial charge on any atom is -0.376 e. The summed E-state index contributed by atoms with van der Waals surface area (Å²) in [6.07, 6.45) is 4.93. The summed E-state index contributed by atoms with van der Waals surface area (Å²) in [5.74, 6) is 1.71. The summed E-state index contributed by atoms with van der Waals surface area (Å²) < 4.78 is 10.9. The summed E-state index contributed by atoms with van der Waals surface area (Å²) in [5.41, 5.74) is 5.50. The quantitative estimate of drug-likeness (QED) is 0.871.